The Morgan fingerprint density at radius 3 is 2.00 bits per heavy atom. The Kier molecular flexibility index (Phi) is 3.98. The van der Waals surface area contributed by atoms with E-state index in [0.717, 1.165) is 19.6 Å². The number of hydrogen-bond donors (Lipinski definition) is 0. The van der Waals surface area contributed by atoms with Gasteiger partial charge in [-0.25, -0.2) is 0 Å². The van der Waals surface area contributed by atoms with Crippen molar-refractivity contribution >= 4 is 0 Å². The van der Waals surface area contributed by atoms with Crippen molar-refractivity contribution in [3.8, 4) is 0 Å². The zero-order chi connectivity index (χ0) is 8.97. The molecule has 1 heterocycles. The van der Waals surface area contributed by atoms with Crippen molar-refractivity contribution in [1.29, 1.82) is 0 Å². The third-order valence-corrected chi connectivity index (χ3v) is 2.44. The van der Waals surface area contributed by atoms with E-state index >= 15 is 0 Å². The number of rotatable bonds is 4. The lowest BCUT2D eigenvalue weighted by atomic mass is 10.3. The van der Waals surface area contributed by atoms with Gasteiger partial charge in [0.15, 0.2) is 0 Å². The Morgan fingerprint density at radius 2 is 1.67 bits per heavy atom. The van der Waals surface area contributed by atoms with E-state index in [1.165, 1.54) is 6.42 Å². The molecule has 0 saturated carbocycles. The minimum atomic E-state index is 0.265. The number of methoxy groups -OCH3 is 2. The summed E-state index contributed by atoms with van der Waals surface area (Å²) in [6.45, 7) is 5.38. The molecule has 0 amide bonds. The predicted molar refractivity (Wildman–Crippen MR) is 48.3 cm³/mol. The molecular weight excluding hydrogens is 154 g/mol. The van der Waals surface area contributed by atoms with Gasteiger partial charge in [0.05, 0.1) is 12.2 Å². The van der Waals surface area contributed by atoms with Crippen molar-refractivity contribution in [2.24, 2.45) is 0 Å². The third-order valence-electron chi connectivity index (χ3n) is 2.44. The van der Waals surface area contributed by atoms with E-state index in [9.17, 15) is 0 Å². The summed E-state index contributed by atoms with van der Waals surface area (Å²) >= 11 is 0. The molecule has 1 fully saturated rings. The second-order valence-corrected chi connectivity index (χ2v) is 3.31. The van der Waals surface area contributed by atoms with Gasteiger partial charge in [-0.2, -0.15) is 0 Å². The fraction of sp³-hybridized carbons (Fsp3) is 1.00. The lowest BCUT2D eigenvalue weighted by Crippen LogP contribution is -2.27. The van der Waals surface area contributed by atoms with Crippen molar-refractivity contribution < 1.29 is 9.47 Å². The van der Waals surface area contributed by atoms with Gasteiger partial charge in [0.2, 0.25) is 0 Å². The summed E-state index contributed by atoms with van der Waals surface area (Å²) in [5, 5.41) is 0. The number of likely N-dealkylation sites (tertiary alicyclic amines) is 1. The number of nitrogens with zero attached hydrogens (tertiary/aromatic N) is 1. The first kappa shape index (κ1) is 9.96. The molecule has 0 aromatic rings. The van der Waals surface area contributed by atoms with Gasteiger partial charge in [-0.1, -0.05) is 6.92 Å². The summed E-state index contributed by atoms with van der Waals surface area (Å²) in [5.41, 5.74) is 0. The average molecular weight is 173 g/mol. The maximum atomic E-state index is 5.32. The standard InChI is InChI=1S/C9H19NO2/c1-4-5-10-6-8(11-2)9(7-10)12-3/h8-9H,4-7H2,1-3H3/t8-,9+. The summed E-state index contributed by atoms with van der Waals surface area (Å²) in [6, 6.07) is 0. The van der Waals surface area contributed by atoms with Gasteiger partial charge < -0.3 is 9.47 Å². The van der Waals surface area contributed by atoms with E-state index in [0.29, 0.717) is 0 Å². The normalized spacial score (nSPS) is 31.2. The van der Waals surface area contributed by atoms with Gasteiger partial charge in [0.25, 0.3) is 0 Å². The lowest BCUT2D eigenvalue weighted by Gasteiger charge is -2.13. The van der Waals surface area contributed by atoms with Crippen LogP contribution in [0.1, 0.15) is 13.3 Å². The van der Waals surface area contributed by atoms with E-state index in [2.05, 4.69) is 11.8 Å². The van der Waals surface area contributed by atoms with Crippen LogP contribution in [0.4, 0.5) is 0 Å². The third kappa shape index (κ3) is 2.19. The van der Waals surface area contributed by atoms with Crippen LogP contribution in [0.25, 0.3) is 0 Å². The highest BCUT2D eigenvalue weighted by molar-refractivity contribution is 4.85. The van der Waals surface area contributed by atoms with Crippen LogP contribution < -0.4 is 0 Å². The van der Waals surface area contributed by atoms with Crippen molar-refractivity contribution in [2.45, 2.75) is 25.6 Å². The molecule has 0 aliphatic carbocycles. The summed E-state index contributed by atoms with van der Waals surface area (Å²) < 4.78 is 10.6. The molecule has 0 spiro atoms. The number of hydrogen-bond acceptors (Lipinski definition) is 3. The molecule has 1 aliphatic rings. The van der Waals surface area contributed by atoms with E-state index in [-0.39, 0.29) is 12.2 Å². The molecule has 2 atom stereocenters. The minimum Gasteiger partial charge on any atom is -0.377 e. The number of ether oxygens (including phenoxy) is 2. The molecule has 12 heavy (non-hydrogen) atoms. The highest BCUT2D eigenvalue weighted by Crippen LogP contribution is 2.15. The zero-order valence-electron chi connectivity index (χ0n) is 8.25. The quantitative estimate of drug-likeness (QED) is 0.626. The van der Waals surface area contributed by atoms with Gasteiger partial charge in [-0.15, -0.1) is 0 Å². The summed E-state index contributed by atoms with van der Waals surface area (Å²) in [7, 11) is 3.51. The molecule has 0 unspecified atom stereocenters. The maximum absolute atomic E-state index is 5.32. The molecule has 0 bridgehead atoms. The smallest absolute Gasteiger partial charge is 0.0971 e. The van der Waals surface area contributed by atoms with Crippen molar-refractivity contribution in [3.63, 3.8) is 0 Å². The Balaban J connectivity index is 2.36. The summed E-state index contributed by atoms with van der Waals surface area (Å²) in [5.74, 6) is 0. The maximum Gasteiger partial charge on any atom is 0.0971 e. The van der Waals surface area contributed by atoms with Crippen molar-refractivity contribution in [2.75, 3.05) is 33.9 Å². The SMILES string of the molecule is CCCN1C[C@H](OC)[C@H](OC)C1. The molecule has 3 nitrogen and oxygen atoms in total. The molecule has 0 radical (unpaired) electrons. The Hall–Kier alpha value is -0.120. The highest BCUT2D eigenvalue weighted by atomic mass is 16.5. The van der Waals surface area contributed by atoms with Gasteiger partial charge in [-0.3, -0.25) is 4.90 Å². The Bertz CT molecular complexity index is 118. The first-order valence-electron chi connectivity index (χ1n) is 4.59. The van der Waals surface area contributed by atoms with Gasteiger partial charge >= 0.3 is 0 Å². The molecular formula is C9H19NO2. The van der Waals surface area contributed by atoms with Crippen LogP contribution >= 0.6 is 0 Å². The van der Waals surface area contributed by atoms with E-state index in [4.69, 9.17) is 9.47 Å². The fourth-order valence-electron chi connectivity index (χ4n) is 1.77. The molecule has 1 rings (SSSR count). The van der Waals surface area contributed by atoms with Crippen molar-refractivity contribution in [3.05, 3.63) is 0 Å². The molecule has 0 aromatic heterocycles. The van der Waals surface area contributed by atoms with E-state index in [1.807, 2.05) is 0 Å². The fourth-order valence-corrected chi connectivity index (χ4v) is 1.77. The van der Waals surface area contributed by atoms with Crippen LogP contribution in [0.2, 0.25) is 0 Å². The van der Waals surface area contributed by atoms with Crippen LogP contribution in [0.3, 0.4) is 0 Å². The van der Waals surface area contributed by atoms with Gasteiger partial charge in [0, 0.05) is 27.3 Å². The van der Waals surface area contributed by atoms with E-state index < -0.39 is 0 Å². The lowest BCUT2D eigenvalue weighted by molar-refractivity contribution is -0.00461. The second-order valence-electron chi connectivity index (χ2n) is 3.31. The topological polar surface area (TPSA) is 21.7 Å². The van der Waals surface area contributed by atoms with E-state index in [1.54, 1.807) is 14.2 Å². The molecule has 1 saturated heterocycles. The average Bonchev–Trinajstić information content (AvgIpc) is 2.48. The van der Waals surface area contributed by atoms with Crippen molar-refractivity contribution in [1.82, 2.24) is 4.90 Å². The first-order valence-corrected chi connectivity index (χ1v) is 4.59. The van der Waals surface area contributed by atoms with Crippen LogP contribution in [0.5, 0.6) is 0 Å². The Morgan fingerprint density at radius 1 is 1.17 bits per heavy atom. The van der Waals surface area contributed by atoms with Gasteiger partial charge in [-0.05, 0) is 13.0 Å². The van der Waals surface area contributed by atoms with Crippen LogP contribution in [-0.4, -0.2) is 51.0 Å². The van der Waals surface area contributed by atoms with Gasteiger partial charge in [0.1, 0.15) is 0 Å². The first-order chi connectivity index (χ1) is 5.81. The van der Waals surface area contributed by atoms with Crippen LogP contribution in [0.15, 0.2) is 0 Å². The molecule has 3 heteroatoms. The highest BCUT2D eigenvalue weighted by Gasteiger charge is 2.31. The monoisotopic (exact) mass is 173 g/mol. The molecule has 72 valence electrons. The molecule has 0 N–H and O–H groups in total. The largest absolute Gasteiger partial charge is 0.377 e. The Labute approximate surface area is 74.6 Å². The zero-order valence-corrected chi connectivity index (χ0v) is 8.25. The summed E-state index contributed by atoms with van der Waals surface area (Å²) in [4.78, 5) is 2.39. The van der Waals surface area contributed by atoms with Crippen LogP contribution in [-0.2, 0) is 9.47 Å². The molecule has 1 aliphatic heterocycles. The minimum absolute atomic E-state index is 0.265. The molecule has 0 aromatic carbocycles. The summed E-state index contributed by atoms with van der Waals surface area (Å²) in [6.07, 6.45) is 1.73. The second kappa shape index (κ2) is 4.80. The predicted octanol–water partition coefficient (Wildman–Crippen LogP) is 0.742. The van der Waals surface area contributed by atoms with Crippen LogP contribution in [0, 0.1) is 0 Å².